The minimum absolute atomic E-state index is 0.262. The third-order valence-electron chi connectivity index (χ3n) is 3.07. The predicted molar refractivity (Wildman–Crippen MR) is 56.3 cm³/mol. The zero-order valence-corrected chi connectivity index (χ0v) is 9.20. The summed E-state index contributed by atoms with van der Waals surface area (Å²) in [6.07, 6.45) is 5.54. The van der Waals surface area contributed by atoms with Crippen molar-refractivity contribution in [1.29, 1.82) is 0 Å². The van der Waals surface area contributed by atoms with Gasteiger partial charge in [0.2, 0.25) is 0 Å². The van der Waals surface area contributed by atoms with Crippen LogP contribution >= 0.6 is 0 Å². The van der Waals surface area contributed by atoms with Gasteiger partial charge in [-0.25, -0.2) is 0 Å². The van der Waals surface area contributed by atoms with Crippen molar-refractivity contribution < 1.29 is 9.90 Å². The first-order valence-electron chi connectivity index (χ1n) is 5.51. The molecule has 0 aromatic rings. The van der Waals surface area contributed by atoms with Crippen LogP contribution in [0.2, 0.25) is 0 Å². The molecule has 1 fully saturated rings. The Morgan fingerprint density at radius 3 is 2.57 bits per heavy atom. The minimum atomic E-state index is -0.683. The van der Waals surface area contributed by atoms with Gasteiger partial charge in [-0.15, -0.1) is 0 Å². The van der Waals surface area contributed by atoms with Crippen molar-refractivity contribution in [2.75, 3.05) is 13.6 Å². The molecule has 0 saturated heterocycles. The van der Waals surface area contributed by atoms with Crippen LogP contribution in [0.15, 0.2) is 0 Å². The fourth-order valence-corrected chi connectivity index (χ4v) is 2.35. The summed E-state index contributed by atoms with van der Waals surface area (Å²) in [6, 6.07) is 0.700. The van der Waals surface area contributed by atoms with Crippen molar-refractivity contribution in [3.8, 4) is 0 Å². The van der Waals surface area contributed by atoms with Gasteiger partial charge in [-0.3, -0.25) is 4.79 Å². The lowest BCUT2D eigenvalue weighted by Crippen LogP contribution is -2.33. The lowest BCUT2D eigenvalue weighted by Gasteiger charge is -2.26. The Morgan fingerprint density at radius 2 is 2.07 bits per heavy atom. The van der Waals surface area contributed by atoms with Crippen molar-refractivity contribution in [3.63, 3.8) is 0 Å². The van der Waals surface area contributed by atoms with E-state index in [-0.39, 0.29) is 12.3 Å². The van der Waals surface area contributed by atoms with Crippen molar-refractivity contribution in [2.45, 2.75) is 45.1 Å². The quantitative estimate of drug-likeness (QED) is 0.736. The van der Waals surface area contributed by atoms with Gasteiger partial charge in [0.25, 0.3) is 0 Å². The Balaban J connectivity index is 2.24. The second-order valence-corrected chi connectivity index (χ2v) is 4.58. The summed E-state index contributed by atoms with van der Waals surface area (Å²) in [4.78, 5) is 12.8. The fraction of sp³-hybridized carbons (Fsp3) is 0.909. The Labute approximate surface area is 86.1 Å². The van der Waals surface area contributed by atoms with Crippen molar-refractivity contribution in [1.82, 2.24) is 4.90 Å². The molecule has 1 saturated carbocycles. The van der Waals surface area contributed by atoms with Crippen LogP contribution in [0.25, 0.3) is 0 Å². The second-order valence-electron chi connectivity index (χ2n) is 4.58. The first kappa shape index (κ1) is 11.5. The molecule has 1 aliphatic rings. The standard InChI is InChI=1S/C11H21NO2/c1-9(7-11(13)14)8-12(2)10-5-3-4-6-10/h9-10H,3-8H2,1-2H3,(H,13,14). The first-order valence-corrected chi connectivity index (χ1v) is 5.51. The number of rotatable bonds is 5. The zero-order chi connectivity index (χ0) is 10.6. The van der Waals surface area contributed by atoms with Gasteiger partial charge in [0.05, 0.1) is 0 Å². The molecular formula is C11H21NO2. The maximum Gasteiger partial charge on any atom is 0.303 e. The molecule has 0 amide bonds. The van der Waals surface area contributed by atoms with Crippen LogP contribution < -0.4 is 0 Å². The van der Waals surface area contributed by atoms with Gasteiger partial charge in [-0.1, -0.05) is 19.8 Å². The molecule has 3 heteroatoms. The SMILES string of the molecule is CC(CC(=O)O)CN(C)C1CCCC1. The highest BCUT2D eigenvalue weighted by molar-refractivity contribution is 5.66. The summed E-state index contributed by atoms with van der Waals surface area (Å²) in [5.74, 6) is -0.421. The van der Waals surface area contributed by atoms with E-state index in [0.29, 0.717) is 6.04 Å². The number of aliphatic carboxylic acids is 1. The van der Waals surface area contributed by atoms with Gasteiger partial charge in [0, 0.05) is 19.0 Å². The predicted octanol–water partition coefficient (Wildman–Crippen LogP) is 1.97. The number of hydrogen-bond donors (Lipinski definition) is 1. The molecule has 14 heavy (non-hydrogen) atoms. The van der Waals surface area contributed by atoms with Gasteiger partial charge in [-0.2, -0.15) is 0 Å². The van der Waals surface area contributed by atoms with E-state index in [4.69, 9.17) is 5.11 Å². The van der Waals surface area contributed by atoms with Crippen LogP contribution in [-0.2, 0) is 4.79 Å². The number of nitrogens with zero attached hydrogens (tertiary/aromatic N) is 1. The molecule has 0 aliphatic heterocycles. The largest absolute Gasteiger partial charge is 0.481 e. The molecule has 1 atom stereocenters. The van der Waals surface area contributed by atoms with E-state index >= 15 is 0 Å². The summed E-state index contributed by atoms with van der Waals surface area (Å²) in [6.45, 7) is 2.93. The smallest absolute Gasteiger partial charge is 0.303 e. The van der Waals surface area contributed by atoms with E-state index < -0.39 is 5.97 Å². The average molecular weight is 199 g/mol. The monoisotopic (exact) mass is 199 g/mol. The van der Waals surface area contributed by atoms with Crippen LogP contribution in [0.1, 0.15) is 39.0 Å². The topological polar surface area (TPSA) is 40.5 Å². The third kappa shape index (κ3) is 3.66. The zero-order valence-electron chi connectivity index (χ0n) is 9.20. The Hall–Kier alpha value is -0.570. The van der Waals surface area contributed by atoms with E-state index in [1.807, 2.05) is 6.92 Å². The normalized spacial score (nSPS) is 20.2. The lowest BCUT2D eigenvalue weighted by atomic mass is 10.1. The fourth-order valence-electron chi connectivity index (χ4n) is 2.35. The second kappa shape index (κ2) is 5.35. The molecule has 0 aromatic carbocycles. The van der Waals surface area contributed by atoms with Gasteiger partial charge in [-0.05, 0) is 25.8 Å². The molecule has 0 radical (unpaired) electrons. The molecule has 1 N–H and O–H groups in total. The Morgan fingerprint density at radius 1 is 1.50 bits per heavy atom. The van der Waals surface area contributed by atoms with Crippen LogP contribution in [0, 0.1) is 5.92 Å². The summed E-state index contributed by atoms with van der Waals surface area (Å²) in [5, 5.41) is 8.64. The summed E-state index contributed by atoms with van der Waals surface area (Å²) < 4.78 is 0. The molecule has 3 nitrogen and oxygen atoms in total. The van der Waals surface area contributed by atoms with Crippen molar-refractivity contribution in [2.24, 2.45) is 5.92 Å². The highest BCUT2D eigenvalue weighted by atomic mass is 16.4. The Kier molecular flexibility index (Phi) is 4.39. The number of carboxylic acids is 1. The van der Waals surface area contributed by atoms with E-state index in [1.54, 1.807) is 0 Å². The average Bonchev–Trinajstić information content (AvgIpc) is 2.53. The van der Waals surface area contributed by atoms with E-state index in [9.17, 15) is 4.79 Å². The molecule has 82 valence electrons. The molecule has 1 unspecified atom stereocenters. The Bertz CT molecular complexity index is 188. The number of carboxylic acid groups (broad SMARTS) is 1. The molecule has 1 aliphatic carbocycles. The minimum Gasteiger partial charge on any atom is -0.481 e. The van der Waals surface area contributed by atoms with E-state index in [1.165, 1.54) is 25.7 Å². The lowest BCUT2D eigenvalue weighted by molar-refractivity contribution is -0.138. The summed E-state index contributed by atoms with van der Waals surface area (Å²) >= 11 is 0. The summed E-state index contributed by atoms with van der Waals surface area (Å²) in [7, 11) is 2.12. The van der Waals surface area contributed by atoms with E-state index in [0.717, 1.165) is 6.54 Å². The van der Waals surface area contributed by atoms with Gasteiger partial charge in [0.1, 0.15) is 0 Å². The number of carbonyl (C=O) groups is 1. The van der Waals surface area contributed by atoms with Crippen molar-refractivity contribution >= 4 is 5.97 Å². The highest BCUT2D eigenvalue weighted by Crippen LogP contribution is 2.23. The van der Waals surface area contributed by atoms with Crippen LogP contribution in [0.5, 0.6) is 0 Å². The maximum absolute atomic E-state index is 10.5. The van der Waals surface area contributed by atoms with Gasteiger partial charge in [0.15, 0.2) is 0 Å². The molecule has 0 bridgehead atoms. The molecule has 0 heterocycles. The molecule has 0 spiro atoms. The number of hydrogen-bond acceptors (Lipinski definition) is 2. The maximum atomic E-state index is 10.5. The molecular weight excluding hydrogens is 178 g/mol. The van der Waals surface area contributed by atoms with Crippen LogP contribution in [0.4, 0.5) is 0 Å². The molecule has 1 rings (SSSR count). The third-order valence-corrected chi connectivity index (χ3v) is 3.07. The van der Waals surface area contributed by atoms with Crippen LogP contribution in [-0.4, -0.2) is 35.6 Å². The van der Waals surface area contributed by atoms with Crippen molar-refractivity contribution in [3.05, 3.63) is 0 Å². The summed E-state index contributed by atoms with van der Waals surface area (Å²) in [5.41, 5.74) is 0. The first-order chi connectivity index (χ1) is 6.59. The van der Waals surface area contributed by atoms with Crippen LogP contribution in [0.3, 0.4) is 0 Å². The highest BCUT2D eigenvalue weighted by Gasteiger charge is 2.21. The molecule has 0 aromatic heterocycles. The van der Waals surface area contributed by atoms with Gasteiger partial charge >= 0.3 is 5.97 Å². The van der Waals surface area contributed by atoms with Gasteiger partial charge < -0.3 is 10.0 Å². The van der Waals surface area contributed by atoms with E-state index in [2.05, 4.69) is 11.9 Å².